The average Bonchev–Trinajstić information content (AvgIpc) is 2.03. The minimum absolute atomic E-state index is 0.0983. The summed E-state index contributed by atoms with van der Waals surface area (Å²) in [5, 5.41) is 8.73. The molecule has 3 N–H and O–H groups in total. The summed E-state index contributed by atoms with van der Waals surface area (Å²) in [6.45, 7) is 0.116. The fourth-order valence-electron chi connectivity index (χ4n) is 1.09. The Bertz CT molecular complexity index is 271. The van der Waals surface area contributed by atoms with E-state index in [0.29, 0.717) is 6.42 Å². The van der Waals surface area contributed by atoms with Gasteiger partial charge in [0.25, 0.3) is 0 Å². The number of aliphatic hydroxyl groups excluding tert-OH is 1. The van der Waals surface area contributed by atoms with Gasteiger partial charge in [-0.25, -0.2) is 0 Å². The van der Waals surface area contributed by atoms with Crippen molar-refractivity contribution in [3.63, 3.8) is 0 Å². The average molecular weight is 309 g/mol. The van der Waals surface area contributed by atoms with E-state index in [1.54, 1.807) is 0 Å². The third-order valence-electron chi connectivity index (χ3n) is 1.75. The van der Waals surface area contributed by atoms with Gasteiger partial charge in [0, 0.05) is 21.6 Å². The molecule has 0 unspecified atom stereocenters. The van der Waals surface area contributed by atoms with Gasteiger partial charge < -0.3 is 10.8 Å². The normalized spacial score (nSPS) is 12.9. The second-order valence-corrected chi connectivity index (χ2v) is 4.65. The molecule has 1 atom stereocenters. The van der Waals surface area contributed by atoms with Crippen LogP contribution in [0.15, 0.2) is 27.1 Å². The third-order valence-corrected chi connectivity index (χ3v) is 2.67. The number of halogens is 2. The van der Waals surface area contributed by atoms with Crippen LogP contribution in [-0.4, -0.2) is 11.7 Å². The quantitative estimate of drug-likeness (QED) is 0.901. The summed E-state index contributed by atoms with van der Waals surface area (Å²) in [6.07, 6.45) is 0.586. The Hall–Kier alpha value is 0.1000. The van der Waals surface area contributed by atoms with Crippen molar-refractivity contribution < 1.29 is 5.11 Å². The summed E-state index contributed by atoms with van der Waals surface area (Å²) >= 11 is 6.77. The van der Waals surface area contributed by atoms with E-state index in [1.807, 2.05) is 18.2 Å². The predicted octanol–water partition coefficient (Wildman–Crippen LogP) is 2.59. The van der Waals surface area contributed by atoms with Crippen molar-refractivity contribution >= 4 is 31.9 Å². The highest BCUT2D eigenvalue weighted by molar-refractivity contribution is 9.11. The first-order valence-corrected chi connectivity index (χ1v) is 5.54. The van der Waals surface area contributed by atoms with Crippen LogP contribution in [0.3, 0.4) is 0 Å². The maximum Gasteiger partial charge on any atom is 0.0449 e. The van der Waals surface area contributed by atoms with Crippen LogP contribution in [0.25, 0.3) is 0 Å². The van der Waals surface area contributed by atoms with Crippen molar-refractivity contribution in [1.29, 1.82) is 0 Å². The van der Waals surface area contributed by atoms with Gasteiger partial charge in [-0.3, -0.25) is 0 Å². The second kappa shape index (κ2) is 5.10. The fraction of sp³-hybridized carbons (Fsp3) is 0.333. The molecule has 0 saturated carbocycles. The third kappa shape index (κ3) is 3.38. The molecule has 0 fully saturated rings. The maximum atomic E-state index is 8.73. The monoisotopic (exact) mass is 307 g/mol. The predicted molar refractivity (Wildman–Crippen MR) is 60.5 cm³/mol. The van der Waals surface area contributed by atoms with Crippen LogP contribution in [0.5, 0.6) is 0 Å². The van der Waals surface area contributed by atoms with E-state index in [9.17, 15) is 0 Å². The number of benzene rings is 1. The van der Waals surface area contributed by atoms with Crippen LogP contribution >= 0.6 is 31.9 Å². The zero-order valence-electron chi connectivity index (χ0n) is 7.00. The molecule has 2 nitrogen and oxygen atoms in total. The molecule has 1 aromatic rings. The number of hydrogen-bond acceptors (Lipinski definition) is 2. The summed E-state index contributed by atoms with van der Waals surface area (Å²) in [7, 11) is 0. The Morgan fingerprint density at radius 3 is 2.23 bits per heavy atom. The van der Waals surface area contributed by atoms with Gasteiger partial charge in [-0.05, 0) is 30.2 Å². The molecule has 1 aromatic carbocycles. The molecule has 0 bridgehead atoms. The first-order valence-electron chi connectivity index (χ1n) is 3.96. The van der Waals surface area contributed by atoms with Gasteiger partial charge in [-0.15, -0.1) is 0 Å². The molecule has 0 radical (unpaired) electrons. The van der Waals surface area contributed by atoms with E-state index < -0.39 is 0 Å². The van der Waals surface area contributed by atoms with Gasteiger partial charge in [0.1, 0.15) is 0 Å². The topological polar surface area (TPSA) is 46.2 Å². The molecule has 72 valence electrons. The van der Waals surface area contributed by atoms with Crippen molar-refractivity contribution in [2.75, 3.05) is 6.61 Å². The summed E-state index contributed by atoms with van der Waals surface area (Å²) in [4.78, 5) is 0. The maximum absolute atomic E-state index is 8.73. The molecule has 0 aliphatic rings. The van der Waals surface area contributed by atoms with Crippen LogP contribution < -0.4 is 5.73 Å². The summed E-state index contributed by atoms with van der Waals surface area (Å²) in [5.74, 6) is 0. The van der Waals surface area contributed by atoms with Crippen LogP contribution in [0, 0.1) is 0 Å². The summed E-state index contributed by atoms with van der Waals surface area (Å²) in [6, 6.07) is 5.78. The summed E-state index contributed by atoms with van der Waals surface area (Å²) < 4.78 is 1.98. The zero-order valence-corrected chi connectivity index (χ0v) is 10.2. The molecule has 4 heteroatoms. The van der Waals surface area contributed by atoms with E-state index in [1.165, 1.54) is 0 Å². The van der Waals surface area contributed by atoms with Crippen molar-refractivity contribution in [1.82, 2.24) is 0 Å². The van der Waals surface area contributed by atoms with Crippen LogP contribution in [-0.2, 0) is 0 Å². The van der Waals surface area contributed by atoms with Crippen molar-refractivity contribution in [2.24, 2.45) is 5.73 Å². The molecule has 0 heterocycles. The Labute approximate surface area is 94.4 Å². The Kier molecular flexibility index (Phi) is 4.38. The Balaban J connectivity index is 2.87. The minimum atomic E-state index is -0.0983. The highest BCUT2D eigenvalue weighted by atomic mass is 79.9. The van der Waals surface area contributed by atoms with Crippen molar-refractivity contribution in [3.8, 4) is 0 Å². The number of nitrogens with two attached hydrogens (primary N) is 1. The van der Waals surface area contributed by atoms with Crippen LogP contribution in [0.2, 0.25) is 0 Å². The number of rotatable bonds is 3. The van der Waals surface area contributed by atoms with E-state index in [2.05, 4.69) is 31.9 Å². The first-order chi connectivity index (χ1) is 6.13. The van der Waals surface area contributed by atoms with Crippen molar-refractivity contribution in [2.45, 2.75) is 12.5 Å². The standard InChI is InChI=1S/C9H11Br2NO/c10-7-3-6(4-8(11)5-7)9(12)1-2-13/h3-5,9,13H,1-2,12H2/t9-/m1/s1. The lowest BCUT2D eigenvalue weighted by Crippen LogP contribution is -2.11. The molecular weight excluding hydrogens is 298 g/mol. The van der Waals surface area contributed by atoms with E-state index in [0.717, 1.165) is 14.5 Å². The zero-order chi connectivity index (χ0) is 9.84. The lowest BCUT2D eigenvalue weighted by atomic mass is 10.1. The Morgan fingerprint density at radius 2 is 1.77 bits per heavy atom. The number of hydrogen-bond donors (Lipinski definition) is 2. The van der Waals surface area contributed by atoms with Crippen LogP contribution in [0.4, 0.5) is 0 Å². The van der Waals surface area contributed by atoms with E-state index in [-0.39, 0.29) is 12.6 Å². The summed E-state index contributed by atoms with van der Waals surface area (Å²) in [5.41, 5.74) is 6.87. The van der Waals surface area contributed by atoms with Gasteiger partial charge >= 0.3 is 0 Å². The molecular formula is C9H11Br2NO. The Morgan fingerprint density at radius 1 is 1.23 bits per heavy atom. The van der Waals surface area contributed by atoms with Crippen LogP contribution in [0.1, 0.15) is 18.0 Å². The second-order valence-electron chi connectivity index (χ2n) is 2.82. The SMILES string of the molecule is N[C@H](CCO)c1cc(Br)cc(Br)c1. The smallest absolute Gasteiger partial charge is 0.0449 e. The largest absolute Gasteiger partial charge is 0.396 e. The van der Waals surface area contributed by atoms with Gasteiger partial charge in [0.15, 0.2) is 0 Å². The molecule has 1 rings (SSSR count). The molecule has 0 amide bonds. The lowest BCUT2D eigenvalue weighted by Gasteiger charge is -2.11. The van der Waals surface area contributed by atoms with Gasteiger partial charge in [0.05, 0.1) is 0 Å². The highest BCUT2D eigenvalue weighted by Crippen LogP contribution is 2.24. The lowest BCUT2D eigenvalue weighted by molar-refractivity contribution is 0.276. The fourth-order valence-corrected chi connectivity index (χ4v) is 2.42. The molecule has 0 spiro atoms. The highest BCUT2D eigenvalue weighted by Gasteiger charge is 2.06. The van der Waals surface area contributed by atoms with Crippen molar-refractivity contribution in [3.05, 3.63) is 32.7 Å². The molecule has 0 aliphatic heterocycles. The number of aliphatic hydroxyl groups is 1. The van der Waals surface area contributed by atoms with Gasteiger partial charge in [0.2, 0.25) is 0 Å². The molecule has 0 saturated heterocycles. The first kappa shape index (κ1) is 11.2. The minimum Gasteiger partial charge on any atom is -0.396 e. The van der Waals surface area contributed by atoms with E-state index in [4.69, 9.17) is 10.8 Å². The van der Waals surface area contributed by atoms with Gasteiger partial charge in [-0.1, -0.05) is 31.9 Å². The van der Waals surface area contributed by atoms with Gasteiger partial charge in [-0.2, -0.15) is 0 Å². The molecule has 0 aromatic heterocycles. The molecule has 0 aliphatic carbocycles. The molecule has 13 heavy (non-hydrogen) atoms. The van der Waals surface area contributed by atoms with E-state index >= 15 is 0 Å².